The molecule has 0 saturated carbocycles. The zero-order valence-electron chi connectivity index (χ0n) is 28.7. The summed E-state index contributed by atoms with van der Waals surface area (Å²) in [4.78, 5) is 94.2. The molecule has 290 valence electrons. The Balaban J connectivity index is 2.52. The summed E-state index contributed by atoms with van der Waals surface area (Å²) in [7, 11) is 0. The molecule has 2 rings (SSSR count). The molecule has 2 aliphatic heterocycles. The SMILES string of the molecule is O=C(O)CN1CCNCCN(CC(=O)O)C(CC(=O)C2CN(CC(=O)O)CCN(CC(=O)O)CCNCCN2CC(=O)O)CN(CC(=O)O)CC1. The van der Waals surface area contributed by atoms with Crippen molar-refractivity contribution in [1.29, 1.82) is 0 Å². The number of nitrogens with one attached hydrogen (secondary N) is 2. The van der Waals surface area contributed by atoms with Crippen LogP contribution >= 0.6 is 0 Å². The molecule has 21 nitrogen and oxygen atoms in total. The van der Waals surface area contributed by atoms with Gasteiger partial charge in [0.2, 0.25) is 0 Å². The van der Waals surface area contributed by atoms with Gasteiger partial charge in [0.05, 0.1) is 45.3 Å². The van der Waals surface area contributed by atoms with Crippen LogP contribution in [-0.2, 0) is 33.6 Å². The van der Waals surface area contributed by atoms with E-state index in [4.69, 9.17) is 0 Å². The zero-order valence-corrected chi connectivity index (χ0v) is 28.7. The summed E-state index contributed by atoms with van der Waals surface area (Å²) < 4.78 is 0. The van der Waals surface area contributed by atoms with Crippen LogP contribution in [0.5, 0.6) is 0 Å². The predicted octanol–water partition coefficient (Wildman–Crippen LogP) is -4.79. The minimum Gasteiger partial charge on any atom is -0.480 e. The number of carboxylic acids is 6. The number of hydrogen-bond acceptors (Lipinski definition) is 15. The van der Waals surface area contributed by atoms with Crippen LogP contribution in [0, 0.1) is 0 Å². The molecule has 2 atom stereocenters. The number of carbonyl (C=O) groups is 7. The molecule has 2 saturated heterocycles. The van der Waals surface area contributed by atoms with E-state index in [-0.39, 0.29) is 85.0 Å². The third kappa shape index (κ3) is 18.3. The minimum absolute atomic E-state index is 0.0454. The van der Waals surface area contributed by atoms with Gasteiger partial charge in [-0.3, -0.25) is 63.0 Å². The molecule has 0 radical (unpaired) electrons. The predicted molar refractivity (Wildman–Crippen MR) is 178 cm³/mol. The van der Waals surface area contributed by atoms with Crippen LogP contribution in [0.25, 0.3) is 0 Å². The van der Waals surface area contributed by atoms with E-state index in [9.17, 15) is 64.2 Å². The largest absolute Gasteiger partial charge is 0.480 e. The first-order valence-electron chi connectivity index (χ1n) is 16.7. The summed E-state index contributed by atoms with van der Waals surface area (Å²) in [6.07, 6.45) is -0.345. The van der Waals surface area contributed by atoms with Gasteiger partial charge < -0.3 is 41.3 Å². The van der Waals surface area contributed by atoms with E-state index in [2.05, 4.69) is 10.6 Å². The molecular weight excluding hydrogens is 680 g/mol. The minimum atomic E-state index is -1.24. The monoisotopic (exact) mass is 732 g/mol. The summed E-state index contributed by atoms with van der Waals surface area (Å²) in [6, 6.07) is -2.06. The summed E-state index contributed by atoms with van der Waals surface area (Å²) in [6.45, 7) is -0.495. The summed E-state index contributed by atoms with van der Waals surface area (Å²) in [5, 5.41) is 64.0. The number of ketones is 1. The molecule has 0 bridgehead atoms. The van der Waals surface area contributed by atoms with Gasteiger partial charge in [-0.1, -0.05) is 0 Å². The smallest absolute Gasteiger partial charge is 0.317 e. The van der Waals surface area contributed by atoms with Gasteiger partial charge in [0.1, 0.15) is 0 Å². The third-order valence-electron chi connectivity index (χ3n) is 8.60. The highest BCUT2D eigenvalue weighted by Gasteiger charge is 2.35. The van der Waals surface area contributed by atoms with Crippen LogP contribution in [-0.4, -0.2) is 245 Å². The van der Waals surface area contributed by atoms with Crippen molar-refractivity contribution in [3.8, 4) is 0 Å². The quantitative estimate of drug-likeness (QED) is 0.0784. The van der Waals surface area contributed by atoms with Crippen molar-refractivity contribution in [2.45, 2.75) is 18.5 Å². The van der Waals surface area contributed by atoms with Crippen LogP contribution in [0.1, 0.15) is 6.42 Å². The Morgan fingerprint density at radius 1 is 0.431 bits per heavy atom. The fourth-order valence-corrected chi connectivity index (χ4v) is 6.23. The van der Waals surface area contributed by atoms with E-state index in [1.165, 1.54) is 19.6 Å². The van der Waals surface area contributed by atoms with E-state index >= 15 is 0 Å². The lowest BCUT2D eigenvalue weighted by Crippen LogP contribution is -2.57. The van der Waals surface area contributed by atoms with E-state index in [1.807, 2.05) is 0 Å². The molecule has 0 aromatic heterocycles. The van der Waals surface area contributed by atoms with Crippen molar-refractivity contribution in [1.82, 2.24) is 40.0 Å². The highest BCUT2D eigenvalue weighted by atomic mass is 16.4. The molecule has 0 aromatic rings. The van der Waals surface area contributed by atoms with Crippen LogP contribution in [0.3, 0.4) is 0 Å². The Morgan fingerprint density at radius 2 is 0.784 bits per heavy atom. The van der Waals surface area contributed by atoms with Gasteiger partial charge in [0, 0.05) is 104 Å². The van der Waals surface area contributed by atoms with E-state index in [1.54, 1.807) is 9.80 Å². The number of nitrogens with zero attached hydrogens (tertiary/aromatic N) is 6. The van der Waals surface area contributed by atoms with Crippen molar-refractivity contribution in [3.05, 3.63) is 0 Å². The maximum absolute atomic E-state index is 14.4. The first-order chi connectivity index (χ1) is 24.1. The third-order valence-corrected chi connectivity index (χ3v) is 8.60. The molecule has 2 fully saturated rings. The van der Waals surface area contributed by atoms with Gasteiger partial charge >= 0.3 is 35.8 Å². The average Bonchev–Trinajstić information content (AvgIpc) is 3.00. The lowest BCUT2D eigenvalue weighted by atomic mass is 9.99. The zero-order chi connectivity index (χ0) is 37.9. The van der Waals surface area contributed by atoms with Crippen LogP contribution < -0.4 is 10.6 Å². The molecular formula is C30H52N8O13. The maximum Gasteiger partial charge on any atom is 0.317 e. The summed E-state index contributed by atoms with van der Waals surface area (Å²) in [5.41, 5.74) is 0. The number of hydrogen-bond donors (Lipinski definition) is 8. The number of carbonyl (C=O) groups excluding carboxylic acids is 1. The molecule has 0 spiro atoms. The Morgan fingerprint density at radius 3 is 1.24 bits per heavy atom. The van der Waals surface area contributed by atoms with Gasteiger partial charge in [0.15, 0.2) is 5.78 Å². The molecule has 2 heterocycles. The Hall–Kier alpha value is -3.83. The van der Waals surface area contributed by atoms with Crippen LogP contribution in [0.15, 0.2) is 0 Å². The molecule has 51 heavy (non-hydrogen) atoms. The second-order valence-corrected chi connectivity index (χ2v) is 12.7. The van der Waals surface area contributed by atoms with Gasteiger partial charge in [-0.2, -0.15) is 0 Å². The van der Waals surface area contributed by atoms with Crippen molar-refractivity contribution < 1.29 is 64.2 Å². The highest BCUT2D eigenvalue weighted by molar-refractivity contribution is 5.86. The molecule has 0 aromatic carbocycles. The molecule has 2 aliphatic rings. The van der Waals surface area contributed by atoms with Gasteiger partial charge in [-0.05, 0) is 0 Å². The Labute approximate surface area is 295 Å². The first-order valence-corrected chi connectivity index (χ1v) is 16.7. The molecule has 2 unspecified atom stereocenters. The van der Waals surface area contributed by atoms with E-state index in [0.717, 1.165) is 0 Å². The summed E-state index contributed by atoms with van der Waals surface area (Å²) in [5.74, 6) is -7.49. The Bertz CT molecular complexity index is 1190. The summed E-state index contributed by atoms with van der Waals surface area (Å²) >= 11 is 0. The van der Waals surface area contributed by atoms with Gasteiger partial charge in [0.25, 0.3) is 0 Å². The van der Waals surface area contributed by atoms with E-state index in [0.29, 0.717) is 26.2 Å². The van der Waals surface area contributed by atoms with Gasteiger partial charge in [-0.15, -0.1) is 0 Å². The average molecular weight is 733 g/mol. The second-order valence-electron chi connectivity index (χ2n) is 12.7. The number of rotatable bonds is 15. The van der Waals surface area contributed by atoms with Crippen molar-refractivity contribution >= 4 is 41.6 Å². The second kappa shape index (κ2) is 22.9. The fraction of sp³-hybridized carbons (Fsp3) is 0.767. The molecule has 8 N–H and O–H groups in total. The number of Topliss-reactive ketones (excluding diaryl/α,β-unsaturated/α-hetero) is 1. The topological polar surface area (TPSA) is 284 Å². The van der Waals surface area contributed by atoms with Crippen LogP contribution in [0.2, 0.25) is 0 Å². The Kier molecular flexibility index (Phi) is 19.4. The molecule has 21 heteroatoms. The lowest BCUT2D eigenvalue weighted by Gasteiger charge is -2.38. The normalized spacial score (nSPS) is 22.7. The number of aliphatic carboxylic acids is 6. The number of carboxylic acid groups (broad SMARTS) is 6. The van der Waals surface area contributed by atoms with E-state index < -0.39 is 79.9 Å². The molecule has 0 aliphatic carbocycles. The van der Waals surface area contributed by atoms with Gasteiger partial charge in [-0.25, -0.2) is 0 Å². The first kappa shape index (κ1) is 43.3. The maximum atomic E-state index is 14.4. The fourth-order valence-electron chi connectivity index (χ4n) is 6.23. The van der Waals surface area contributed by atoms with Crippen LogP contribution in [0.4, 0.5) is 0 Å². The van der Waals surface area contributed by atoms with Crippen molar-refractivity contribution in [2.75, 3.05) is 131 Å². The highest BCUT2D eigenvalue weighted by Crippen LogP contribution is 2.15. The lowest BCUT2D eigenvalue weighted by molar-refractivity contribution is -0.143. The standard InChI is InChI=1S/C30H52N8O13/c39-24(23-15-36(19-28(46)47)12-10-34(17-26(42)43)6-2-32-4-8-38(23)21-30(50)51)13-22-14-35(18-27(44)45)11-9-33(16-25(40)41)5-1-31-3-7-37(22)20-29(48)49/h22-23,31-32H,1-21H2,(H,40,41)(H,42,43)(H,44,45)(H,46,47)(H,48,49)(H,50,51). The van der Waals surface area contributed by atoms with Crippen molar-refractivity contribution in [3.63, 3.8) is 0 Å². The molecule has 0 amide bonds. The van der Waals surface area contributed by atoms with Crippen molar-refractivity contribution in [2.24, 2.45) is 0 Å².